The van der Waals surface area contributed by atoms with E-state index in [4.69, 9.17) is 4.98 Å². The smallest absolute Gasteiger partial charge is 0.193 e. The van der Waals surface area contributed by atoms with E-state index in [1.807, 2.05) is 0 Å². The van der Waals surface area contributed by atoms with Crippen molar-refractivity contribution < 1.29 is 0 Å². The first kappa shape index (κ1) is 15.0. The summed E-state index contributed by atoms with van der Waals surface area (Å²) in [7, 11) is 0. The summed E-state index contributed by atoms with van der Waals surface area (Å²) in [6.45, 7) is 6.82. The first-order chi connectivity index (χ1) is 10.3. The summed E-state index contributed by atoms with van der Waals surface area (Å²) in [6.07, 6.45) is 11.0. The predicted octanol–water partition coefficient (Wildman–Crippen LogP) is 3.99. The lowest BCUT2D eigenvalue weighted by atomic mass is 9.71. The molecule has 3 unspecified atom stereocenters. The van der Waals surface area contributed by atoms with E-state index in [9.17, 15) is 0 Å². The van der Waals surface area contributed by atoms with Gasteiger partial charge in [0.2, 0.25) is 0 Å². The number of fused-ring (bicyclic) bond motifs is 1. The molecule has 0 radical (unpaired) electrons. The van der Waals surface area contributed by atoms with Crippen LogP contribution in [-0.4, -0.2) is 22.5 Å². The predicted molar refractivity (Wildman–Crippen MR) is 89.9 cm³/mol. The van der Waals surface area contributed by atoms with Gasteiger partial charge in [0, 0.05) is 17.8 Å². The summed E-state index contributed by atoms with van der Waals surface area (Å²) >= 11 is 1.73. The second kappa shape index (κ2) is 6.93. The van der Waals surface area contributed by atoms with Gasteiger partial charge in [0.25, 0.3) is 0 Å². The molecule has 1 N–H and O–H groups in total. The van der Waals surface area contributed by atoms with Crippen LogP contribution >= 0.6 is 11.3 Å². The molecule has 0 saturated heterocycles. The third-order valence-electron chi connectivity index (χ3n) is 5.10. The summed E-state index contributed by atoms with van der Waals surface area (Å²) in [5.41, 5.74) is 1.28. The second-order valence-electron chi connectivity index (χ2n) is 6.44. The quantitative estimate of drug-likeness (QED) is 0.874. The molecule has 1 aliphatic carbocycles. The van der Waals surface area contributed by atoms with Crippen LogP contribution in [0.5, 0.6) is 0 Å². The molecule has 3 atom stereocenters. The molecule has 116 valence electrons. The summed E-state index contributed by atoms with van der Waals surface area (Å²) in [5, 5.41) is 5.67. The van der Waals surface area contributed by atoms with Crippen molar-refractivity contribution >= 4 is 16.3 Å². The summed E-state index contributed by atoms with van der Waals surface area (Å²) < 4.78 is 2.17. The first-order valence-corrected chi connectivity index (χ1v) is 9.29. The number of thiazole rings is 1. The molecule has 0 spiro atoms. The molecule has 2 heterocycles. The standard InChI is InChI=1S/C17H27N3S/c1-3-13-5-6-14(11-18-4-2)15(9-13)10-16-12-20-7-8-21-17(20)19-16/h7-8,12-15,18H,3-6,9-11H2,1-2H3. The van der Waals surface area contributed by atoms with Gasteiger partial charge in [0.15, 0.2) is 4.96 Å². The Bertz CT molecular complexity index is 531. The number of nitrogens with one attached hydrogen (secondary N) is 1. The van der Waals surface area contributed by atoms with E-state index < -0.39 is 0 Å². The van der Waals surface area contributed by atoms with Crippen molar-refractivity contribution in [2.24, 2.45) is 17.8 Å². The van der Waals surface area contributed by atoms with Crippen LogP contribution in [0.4, 0.5) is 0 Å². The zero-order valence-electron chi connectivity index (χ0n) is 13.2. The average molecular weight is 305 g/mol. The Kier molecular flexibility index (Phi) is 4.96. The number of nitrogens with zero attached hydrogens (tertiary/aromatic N) is 2. The van der Waals surface area contributed by atoms with E-state index in [1.165, 1.54) is 37.9 Å². The molecule has 0 aromatic carbocycles. The summed E-state index contributed by atoms with van der Waals surface area (Å²) in [6, 6.07) is 0. The number of aromatic nitrogens is 2. The number of rotatable bonds is 6. The van der Waals surface area contributed by atoms with Crippen molar-refractivity contribution in [2.75, 3.05) is 13.1 Å². The fraction of sp³-hybridized carbons (Fsp3) is 0.706. The van der Waals surface area contributed by atoms with Gasteiger partial charge in [-0.3, -0.25) is 4.40 Å². The van der Waals surface area contributed by atoms with Crippen LogP contribution < -0.4 is 5.32 Å². The summed E-state index contributed by atoms with van der Waals surface area (Å²) in [4.78, 5) is 5.93. The maximum atomic E-state index is 4.79. The van der Waals surface area contributed by atoms with Crippen molar-refractivity contribution in [3.8, 4) is 0 Å². The minimum Gasteiger partial charge on any atom is -0.317 e. The molecule has 0 aliphatic heterocycles. The largest absolute Gasteiger partial charge is 0.317 e. The van der Waals surface area contributed by atoms with E-state index in [0.717, 1.165) is 35.7 Å². The fourth-order valence-corrected chi connectivity index (χ4v) is 4.51. The van der Waals surface area contributed by atoms with Crippen LogP contribution in [0.3, 0.4) is 0 Å². The zero-order valence-corrected chi connectivity index (χ0v) is 14.0. The third kappa shape index (κ3) is 3.49. The molecular weight excluding hydrogens is 278 g/mol. The van der Waals surface area contributed by atoms with Gasteiger partial charge in [0.05, 0.1) is 5.69 Å². The SMILES string of the molecule is CCNCC1CCC(CC)CC1Cc1cn2ccsc2n1. The van der Waals surface area contributed by atoms with Gasteiger partial charge in [0.1, 0.15) is 0 Å². The van der Waals surface area contributed by atoms with Crippen molar-refractivity contribution in [3.05, 3.63) is 23.5 Å². The van der Waals surface area contributed by atoms with Gasteiger partial charge < -0.3 is 5.32 Å². The molecular formula is C17H27N3S. The van der Waals surface area contributed by atoms with Gasteiger partial charge in [-0.2, -0.15) is 0 Å². The lowest BCUT2D eigenvalue weighted by Crippen LogP contribution is -2.34. The Hall–Kier alpha value is -0.870. The first-order valence-electron chi connectivity index (χ1n) is 8.41. The second-order valence-corrected chi connectivity index (χ2v) is 7.32. The van der Waals surface area contributed by atoms with Gasteiger partial charge >= 0.3 is 0 Å². The van der Waals surface area contributed by atoms with Crippen LogP contribution in [0.25, 0.3) is 4.96 Å². The van der Waals surface area contributed by atoms with Gasteiger partial charge in [-0.25, -0.2) is 4.98 Å². The molecule has 1 fully saturated rings. The molecule has 4 heteroatoms. The third-order valence-corrected chi connectivity index (χ3v) is 5.87. The van der Waals surface area contributed by atoms with Crippen molar-refractivity contribution in [1.29, 1.82) is 0 Å². The van der Waals surface area contributed by atoms with Crippen molar-refractivity contribution in [3.63, 3.8) is 0 Å². The molecule has 1 aliphatic rings. The average Bonchev–Trinajstić information content (AvgIpc) is 3.07. The molecule has 0 bridgehead atoms. The number of hydrogen-bond acceptors (Lipinski definition) is 3. The molecule has 0 amide bonds. The Morgan fingerprint density at radius 2 is 2.24 bits per heavy atom. The topological polar surface area (TPSA) is 29.3 Å². The molecule has 3 rings (SSSR count). The highest BCUT2D eigenvalue weighted by atomic mass is 32.1. The lowest BCUT2D eigenvalue weighted by Gasteiger charge is -2.36. The number of hydrogen-bond donors (Lipinski definition) is 1. The normalized spacial score (nSPS) is 26.5. The van der Waals surface area contributed by atoms with Gasteiger partial charge in [-0.05, 0) is 50.1 Å². The van der Waals surface area contributed by atoms with Gasteiger partial charge in [-0.1, -0.05) is 26.7 Å². The monoisotopic (exact) mass is 305 g/mol. The van der Waals surface area contributed by atoms with E-state index in [-0.39, 0.29) is 0 Å². The highest BCUT2D eigenvalue weighted by Crippen LogP contribution is 2.37. The zero-order chi connectivity index (χ0) is 14.7. The fourth-order valence-electron chi connectivity index (χ4n) is 3.79. The van der Waals surface area contributed by atoms with Crippen LogP contribution in [0.15, 0.2) is 17.8 Å². The van der Waals surface area contributed by atoms with E-state index >= 15 is 0 Å². The maximum absolute atomic E-state index is 4.79. The molecule has 3 nitrogen and oxygen atoms in total. The van der Waals surface area contributed by atoms with E-state index in [1.54, 1.807) is 11.3 Å². The molecule has 1 saturated carbocycles. The Labute approximate surface area is 131 Å². The van der Waals surface area contributed by atoms with Crippen molar-refractivity contribution in [1.82, 2.24) is 14.7 Å². The van der Waals surface area contributed by atoms with Gasteiger partial charge in [-0.15, -0.1) is 11.3 Å². The maximum Gasteiger partial charge on any atom is 0.193 e. The Morgan fingerprint density at radius 1 is 1.33 bits per heavy atom. The van der Waals surface area contributed by atoms with Crippen LogP contribution in [0, 0.1) is 17.8 Å². The van der Waals surface area contributed by atoms with E-state index in [2.05, 4.69) is 41.3 Å². The highest BCUT2D eigenvalue weighted by Gasteiger charge is 2.30. The van der Waals surface area contributed by atoms with E-state index in [0.29, 0.717) is 0 Å². The minimum absolute atomic E-state index is 0.798. The Morgan fingerprint density at radius 3 is 3.00 bits per heavy atom. The van der Waals surface area contributed by atoms with Crippen LogP contribution in [0.2, 0.25) is 0 Å². The molecule has 21 heavy (non-hydrogen) atoms. The lowest BCUT2D eigenvalue weighted by molar-refractivity contribution is 0.171. The van der Waals surface area contributed by atoms with Crippen LogP contribution in [-0.2, 0) is 6.42 Å². The Balaban J connectivity index is 1.69. The minimum atomic E-state index is 0.798. The molecule has 2 aromatic heterocycles. The summed E-state index contributed by atoms with van der Waals surface area (Å²) in [5.74, 6) is 2.55. The van der Waals surface area contributed by atoms with Crippen molar-refractivity contribution in [2.45, 2.75) is 46.0 Å². The number of imidazole rings is 1. The highest BCUT2D eigenvalue weighted by molar-refractivity contribution is 7.15. The van der Waals surface area contributed by atoms with Crippen LogP contribution in [0.1, 0.15) is 45.2 Å². The molecule has 2 aromatic rings.